The molecular weight excluding hydrogens is 196 g/mol. The molecule has 0 radical (unpaired) electrons. The van der Waals surface area contributed by atoms with Crippen LogP contribution in [0.5, 0.6) is 0 Å². The third-order valence-corrected chi connectivity index (χ3v) is 4.16. The standard InChI is InChI=1S/C14H30N2/c1-13(2)8-6-12(7-9-13)16(5)11-14(3,4)10-15/h12H,6-11,15H2,1-5H3. The van der Waals surface area contributed by atoms with Crippen molar-refractivity contribution in [2.24, 2.45) is 16.6 Å². The Bertz CT molecular complexity index is 211. The van der Waals surface area contributed by atoms with Crippen LogP contribution in [0.3, 0.4) is 0 Å². The predicted molar refractivity (Wildman–Crippen MR) is 71.5 cm³/mol. The quantitative estimate of drug-likeness (QED) is 0.798. The Morgan fingerprint density at radius 3 is 2.19 bits per heavy atom. The lowest BCUT2D eigenvalue weighted by Crippen LogP contribution is -2.44. The fraction of sp³-hybridized carbons (Fsp3) is 1.00. The highest BCUT2D eigenvalue weighted by Gasteiger charge is 2.30. The van der Waals surface area contributed by atoms with E-state index in [1.165, 1.54) is 25.7 Å². The van der Waals surface area contributed by atoms with E-state index in [-0.39, 0.29) is 5.41 Å². The van der Waals surface area contributed by atoms with Crippen molar-refractivity contribution in [3.63, 3.8) is 0 Å². The van der Waals surface area contributed by atoms with Gasteiger partial charge in [-0.3, -0.25) is 0 Å². The summed E-state index contributed by atoms with van der Waals surface area (Å²) < 4.78 is 0. The number of nitrogens with zero attached hydrogens (tertiary/aromatic N) is 1. The lowest BCUT2D eigenvalue weighted by molar-refractivity contribution is 0.0977. The van der Waals surface area contributed by atoms with Crippen LogP contribution in [0.2, 0.25) is 0 Å². The summed E-state index contributed by atoms with van der Waals surface area (Å²) in [7, 11) is 2.26. The Kier molecular flexibility index (Phi) is 4.42. The van der Waals surface area contributed by atoms with Crippen LogP contribution in [-0.4, -0.2) is 31.1 Å². The molecule has 1 aliphatic rings. The minimum absolute atomic E-state index is 0.252. The van der Waals surface area contributed by atoms with Gasteiger partial charge in [-0.25, -0.2) is 0 Å². The summed E-state index contributed by atoms with van der Waals surface area (Å²) in [5, 5.41) is 0. The summed E-state index contributed by atoms with van der Waals surface area (Å²) in [4.78, 5) is 2.53. The fourth-order valence-electron chi connectivity index (χ4n) is 2.69. The van der Waals surface area contributed by atoms with Crippen LogP contribution in [0, 0.1) is 10.8 Å². The van der Waals surface area contributed by atoms with E-state index in [1.807, 2.05) is 0 Å². The third kappa shape index (κ3) is 4.06. The van der Waals surface area contributed by atoms with Crippen molar-refractivity contribution in [1.29, 1.82) is 0 Å². The summed E-state index contributed by atoms with van der Waals surface area (Å²) in [5.74, 6) is 0. The molecule has 0 unspecified atom stereocenters. The van der Waals surface area contributed by atoms with Crippen molar-refractivity contribution in [3.05, 3.63) is 0 Å². The third-order valence-electron chi connectivity index (χ3n) is 4.16. The number of rotatable bonds is 4. The van der Waals surface area contributed by atoms with Crippen LogP contribution in [0.15, 0.2) is 0 Å². The molecule has 0 aliphatic heterocycles. The van der Waals surface area contributed by atoms with Crippen molar-refractivity contribution < 1.29 is 0 Å². The fourth-order valence-corrected chi connectivity index (χ4v) is 2.69. The Balaban J connectivity index is 2.42. The molecule has 0 amide bonds. The van der Waals surface area contributed by atoms with Crippen LogP contribution in [0.25, 0.3) is 0 Å². The molecule has 0 atom stereocenters. The lowest BCUT2D eigenvalue weighted by atomic mass is 9.75. The molecule has 0 spiro atoms. The first-order chi connectivity index (χ1) is 7.26. The van der Waals surface area contributed by atoms with E-state index in [2.05, 4.69) is 39.6 Å². The van der Waals surface area contributed by atoms with Crippen molar-refractivity contribution in [3.8, 4) is 0 Å². The summed E-state index contributed by atoms with van der Waals surface area (Å²) in [5.41, 5.74) is 6.62. The van der Waals surface area contributed by atoms with E-state index < -0.39 is 0 Å². The average Bonchev–Trinajstić information content (AvgIpc) is 2.16. The second kappa shape index (κ2) is 5.05. The van der Waals surface area contributed by atoms with E-state index >= 15 is 0 Å². The lowest BCUT2D eigenvalue weighted by Gasteiger charge is -2.41. The first-order valence-corrected chi connectivity index (χ1v) is 6.66. The SMILES string of the molecule is CN(CC(C)(C)CN)C1CCC(C)(C)CC1. The normalized spacial score (nSPS) is 22.7. The molecule has 2 N–H and O–H groups in total. The monoisotopic (exact) mass is 226 g/mol. The molecule has 0 aromatic heterocycles. The first kappa shape index (κ1) is 14.0. The van der Waals surface area contributed by atoms with Gasteiger partial charge in [-0.1, -0.05) is 27.7 Å². The van der Waals surface area contributed by atoms with Crippen molar-refractivity contribution >= 4 is 0 Å². The van der Waals surface area contributed by atoms with Crippen LogP contribution >= 0.6 is 0 Å². The molecule has 1 saturated carbocycles. The molecule has 1 rings (SSSR count). The van der Waals surface area contributed by atoms with Gasteiger partial charge in [0.25, 0.3) is 0 Å². The molecule has 2 nitrogen and oxygen atoms in total. The molecule has 2 heteroatoms. The summed E-state index contributed by atoms with van der Waals surface area (Å²) in [6.45, 7) is 11.2. The Morgan fingerprint density at radius 2 is 1.75 bits per heavy atom. The van der Waals surface area contributed by atoms with Gasteiger partial charge in [0.2, 0.25) is 0 Å². The zero-order valence-electron chi connectivity index (χ0n) is 11.8. The highest BCUT2D eigenvalue weighted by molar-refractivity contribution is 4.85. The number of nitrogens with two attached hydrogens (primary N) is 1. The molecule has 96 valence electrons. The molecule has 0 bridgehead atoms. The number of hydrogen-bond donors (Lipinski definition) is 1. The van der Waals surface area contributed by atoms with Crippen molar-refractivity contribution in [2.75, 3.05) is 20.1 Å². The van der Waals surface area contributed by atoms with Crippen LogP contribution in [-0.2, 0) is 0 Å². The Labute approximate surface area is 102 Å². The largest absolute Gasteiger partial charge is 0.330 e. The van der Waals surface area contributed by atoms with E-state index in [0.29, 0.717) is 5.41 Å². The molecule has 0 heterocycles. The van der Waals surface area contributed by atoms with Gasteiger partial charge >= 0.3 is 0 Å². The summed E-state index contributed by atoms with van der Waals surface area (Å²) in [6.07, 6.45) is 5.43. The van der Waals surface area contributed by atoms with Gasteiger partial charge in [0.05, 0.1) is 0 Å². The summed E-state index contributed by atoms with van der Waals surface area (Å²) >= 11 is 0. The zero-order valence-corrected chi connectivity index (χ0v) is 11.8. The average molecular weight is 226 g/mol. The topological polar surface area (TPSA) is 29.3 Å². The minimum atomic E-state index is 0.252. The van der Waals surface area contributed by atoms with Crippen molar-refractivity contribution in [2.45, 2.75) is 59.4 Å². The van der Waals surface area contributed by atoms with Gasteiger partial charge in [-0.15, -0.1) is 0 Å². The van der Waals surface area contributed by atoms with E-state index in [9.17, 15) is 0 Å². The maximum absolute atomic E-state index is 5.80. The second-order valence-corrected chi connectivity index (χ2v) is 7.18. The van der Waals surface area contributed by atoms with Crippen LogP contribution in [0.1, 0.15) is 53.4 Å². The highest BCUT2D eigenvalue weighted by Crippen LogP contribution is 2.37. The molecule has 1 fully saturated rings. The molecule has 16 heavy (non-hydrogen) atoms. The molecular formula is C14H30N2. The Hall–Kier alpha value is -0.0800. The Morgan fingerprint density at radius 1 is 1.25 bits per heavy atom. The maximum atomic E-state index is 5.80. The minimum Gasteiger partial charge on any atom is -0.330 e. The van der Waals surface area contributed by atoms with E-state index in [4.69, 9.17) is 5.73 Å². The number of hydrogen-bond acceptors (Lipinski definition) is 2. The zero-order chi connectivity index (χ0) is 12.4. The summed E-state index contributed by atoms with van der Waals surface area (Å²) in [6, 6.07) is 0.777. The molecule has 1 aliphatic carbocycles. The van der Waals surface area contributed by atoms with Gasteiger partial charge in [0.15, 0.2) is 0 Å². The van der Waals surface area contributed by atoms with E-state index in [0.717, 1.165) is 19.1 Å². The van der Waals surface area contributed by atoms with Crippen LogP contribution in [0.4, 0.5) is 0 Å². The van der Waals surface area contributed by atoms with E-state index in [1.54, 1.807) is 0 Å². The predicted octanol–water partition coefficient (Wildman–Crippen LogP) is 2.87. The smallest absolute Gasteiger partial charge is 0.00928 e. The van der Waals surface area contributed by atoms with Crippen molar-refractivity contribution in [1.82, 2.24) is 4.90 Å². The second-order valence-electron chi connectivity index (χ2n) is 7.18. The molecule has 0 aromatic carbocycles. The van der Waals surface area contributed by atoms with Gasteiger partial charge in [-0.2, -0.15) is 0 Å². The molecule has 0 saturated heterocycles. The van der Waals surface area contributed by atoms with Gasteiger partial charge in [0, 0.05) is 12.6 Å². The van der Waals surface area contributed by atoms with Gasteiger partial charge in [-0.05, 0) is 50.1 Å². The van der Waals surface area contributed by atoms with Gasteiger partial charge < -0.3 is 10.6 Å². The molecule has 0 aromatic rings. The first-order valence-electron chi connectivity index (χ1n) is 6.66. The maximum Gasteiger partial charge on any atom is 0.00928 e. The highest BCUT2D eigenvalue weighted by atomic mass is 15.1. The van der Waals surface area contributed by atoms with Gasteiger partial charge in [0.1, 0.15) is 0 Å². The van der Waals surface area contributed by atoms with Crippen LogP contribution < -0.4 is 5.73 Å².